The lowest BCUT2D eigenvalue weighted by Gasteiger charge is -2.39. The number of ether oxygens (including phenoxy) is 1. The summed E-state index contributed by atoms with van der Waals surface area (Å²) < 4.78 is 4.81. The van der Waals surface area contributed by atoms with E-state index in [0.717, 1.165) is 38.5 Å². The van der Waals surface area contributed by atoms with Crippen LogP contribution in [0, 0.1) is 11.8 Å². The van der Waals surface area contributed by atoms with Gasteiger partial charge in [-0.05, 0) is 37.6 Å². The lowest BCUT2D eigenvalue weighted by atomic mass is 9.84. The number of rotatable bonds is 7. The van der Waals surface area contributed by atoms with E-state index >= 15 is 0 Å². The van der Waals surface area contributed by atoms with Gasteiger partial charge in [0.05, 0.1) is 7.11 Å². The molecule has 5 heteroatoms. The molecule has 2 unspecified atom stereocenters. The first-order chi connectivity index (χ1) is 9.71. The van der Waals surface area contributed by atoms with Gasteiger partial charge in [0.2, 0.25) is 0 Å². The van der Waals surface area contributed by atoms with E-state index in [1.165, 1.54) is 26.4 Å². The molecule has 3 N–H and O–H groups in total. The lowest BCUT2D eigenvalue weighted by molar-refractivity contribution is -0.142. The molecule has 0 radical (unpaired) electrons. The molecule has 2 rings (SSSR count). The van der Waals surface area contributed by atoms with E-state index in [-0.39, 0.29) is 5.97 Å². The molecule has 1 aliphatic carbocycles. The average molecular weight is 283 g/mol. The second-order valence-corrected chi connectivity index (χ2v) is 6.33. The van der Waals surface area contributed by atoms with Crippen LogP contribution in [-0.4, -0.2) is 56.7 Å². The van der Waals surface area contributed by atoms with Crippen LogP contribution in [0.15, 0.2) is 0 Å². The Morgan fingerprint density at radius 2 is 2.15 bits per heavy atom. The van der Waals surface area contributed by atoms with Crippen molar-refractivity contribution in [1.29, 1.82) is 0 Å². The number of hydrogen-bond donors (Lipinski definition) is 2. The van der Waals surface area contributed by atoms with Crippen LogP contribution in [0.2, 0.25) is 0 Å². The average Bonchev–Trinajstić information content (AvgIpc) is 2.37. The molecule has 0 aromatic rings. The molecule has 1 saturated heterocycles. The Balaban J connectivity index is 1.80. The Kier molecular flexibility index (Phi) is 6.26. The van der Waals surface area contributed by atoms with Crippen LogP contribution in [0.4, 0.5) is 0 Å². The van der Waals surface area contributed by atoms with Gasteiger partial charge >= 0.3 is 5.97 Å². The molecule has 116 valence electrons. The highest BCUT2D eigenvalue weighted by atomic mass is 16.5. The summed E-state index contributed by atoms with van der Waals surface area (Å²) in [6.07, 6.45) is 5.74. The fourth-order valence-electron chi connectivity index (χ4n) is 3.31. The van der Waals surface area contributed by atoms with Gasteiger partial charge in [-0.2, -0.15) is 0 Å². The highest BCUT2D eigenvalue weighted by Crippen LogP contribution is 2.26. The third kappa shape index (κ3) is 4.72. The van der Waals surface area contributed by atoms with E-state index in [1.54, 1.807) is 0 Å². The minimum atomic E-state index is -0.0951. The van der Waals surface area contributed by atoms with Crippen molar-refractivity contribution in [3.05, 3.63) is 0 Å². The van der Waals surface area contributed by atoms with Crippen LogP contribution in [0.5, 0.6) is 0 Å². The molecule has 2 atom stereocenters. The molecule has 5 nitrogen and oxygen atoms in total. The van der Waals surface area contributed by atoms with Crippen LogP contribution >= 0.6 is 0 Å². The van der Waals surface area contributed by atoms with E-state index in [4.69, 9.17) is 10.5 Å². The fourth-order valence-corrected chi connectivity index (χ4v) is 3.31. The van der Waals surface area contributed by atoms with Crippen molar-refractivity contribution in [2.45, 2.75) is 38.1 Å². The van der Waals surface area contributed by atoms with Gasteiger partial charge in [-0.3, -0.25) is 4.79 Å². The van der Waals surface area contributed by atoms with Crippen molar-refractivity contribution in [3.8, 4) is 0 Å². The molecule has 0 bridgehead atoms. The van der Waals surface area contributed by atoms with Crippen molar-refractivity contribution < 1.29 is 9.53 Å². The van der Waals surface area contributed by atoms with E-state index in [0.29, 0.717) is 24.9 Å². The van der Waals surface area contributed by atoms with Crippen LogP contribution in [0.3, 0.4) is 0 Å². The first kappa shape index (κ1) is 15.7. The van der Waals surface area contributed by atoms with Crippen LogP contribution in [0.1, 0.15) is 32.1 Å². The molecule has 0 aromatic carbocycles. The molecular formula is C15H29N3O2. The Morgan fingerprint density at radius 1 is 1.35 bits per heavy atom. The standard InChI is InChI=1S/C15H29N3O2/c1-20-15(19)8-13-7-14(11-18(10-13)6-5-16)17-9-12-3-2-4-12/h12-14,17H,2-11,16H2,1H3. The Labute approximate surface area is 122 Å². The lowest BCUT2D eigenvalue weighted by Crippen LogP contribution is -2.51. The third-order valence-corrected chi connectivity index (χ3v) is 4.66. The van der Waals surface area contributed by atoms with E-state index in [2.05, 4.69) is 10.2 Å². The number of hydrogen-bond acceptors (Lipinski definition) is 5. The number of likely N-dealkylation sites (tertiary alicyclic amines) is 1. The topological polar surface area (TPSA) is 67.6 Å². The maximum absolute atomic E-state index is 11.5. The highest BCUT2D eigenvalue weighted by Gasteiger charge is 2.29. The van der Waals surface area contributed by atoms with Crippen LogP contribution in [0.25, 0.3) is 0 Å². The van der Waals surface area contributed by atoms with E-state index in [9.17, 15) is 4.79 Å². The maximum Gasteiger partial charge on any atom is 0.305 e. The quantitative estimate of drug-likeness (QED) is 0.669. The monoisotopic (exact) mass is 283 g/mol. The smallest absolute Gasteiger partial charge is 0.305 e. The number of esters is 1. The Bertz CT molecular complexity index is 307. The summed E-state index contributed by atoms with van der Waals surface area (Å²) in [5.41, 5.74) is 5.68. The summed E-state index contributed by atoms with van der Waals surface area (Å²) >= 11 is 0. The van der Waals surface area contributed by atoms with Gasteiger partial charge in [-0.25, -0.2) is 0 Å². The predicted octanol–water partition coefficient (Wildman–Crippen LogP) is 0.588. The summed E-state index contributed by atoms with van der Waals surface area (Å²) in [6.45, 7) is 4.75. The second-order valence-electron chi connectivity index (χ2n) is 6.33. The first-order valence-corrected chi connectivity index (χ1v) is 7.94. The molecule has 0 aromatic heterocycles. The van der Waals surface area contributed by atoms with Gasteiger partial charge in [0, 0.05) is 38.6 Å². The number of nitrogens with one attached hydrogen (secondary N) is 1. The van der Waals surface area contributed by atoms with Gasteiger partial charge in [-0.15, -0.1) is 0 Å². The zero-order chi connectivity index (χ0) is 14.4. The summed E-state index contributed by atoms with van der Waals surface area (Å²) in [4.78, 5) is 13.9. The number of carbonyl (C=O) groups excluding carboxylic acids is 1. The van der Waals surface area contributed by atoms with Crippen molar-refractivity contribution >= 4 is 5.97 Å². The number of nitrogens with zero attached hydrogens (tertiary/aromatic N) is 1. The number of carbonyl (C=O) groups is 1. The van der Waals surface area contributed by atoms with Crippen molar-refractivity contribution in [1.82, 2.24) is 10.2 Å². The number of piperidine rings is 1. The van der Waals surface area contributed by atoms with Crippen molar-refractivity contribution in [2.24, 2.45) is 17.6 Å². The summed E-state index contributed by atoms with van der Waals surface area (Å²) in [5, 5.41) is 3.70. The molecule has 0 amide bonds. The maximum atomic E-state index is 11.5. The van der Waals surface area contributed by atoms with Crippen LogP contribution < -0.4 is 11.1 Å². The number of methoxy groups -OCH3 is 1. The zero-order valence-corrected chi connectivity index (χ0v) is 12.6. The van der Waals surface area contributed by atoms with E-state index in [1.807, 2.05) is 0 Å². The van der Waals surface area contributed by atoms with Gasteiger partial charge in [0.1, 0.15) is 0 Å². The molecule has 2 aliphatic rings. The van der Waals surface area contributed by atoms with Gasteiger partial charge < -0.3 is 20.7 Å². The van der Waals surface area contributed by atoms with Gasteiger partial charge in [0.25, 0.3) is 0 Å². The first-order valence-electron chi connectivity index (χ1n) is 7.94. The van der Waals surface area contributed by atoms with Crippen molar-refractivity contribution in [2.75, 3.05) is 39.8 Å². The minimum absolute atomic E-state index is 0.0951. The largest absolute Gasteiger partial charge is 0.469 e. The summed E-state index contributed by atoms with van der Waals surface area (Å²) in [7, 11) is 1.47. The van der Waals surface area contributed by atoms with Crippen molar-refractivity contribution in [3.63, 3.8) is 0 Å². The minimum Gasteiger partial charge on any atom is -0.469 e. The zero-order valence-electron chi connectivity index (χ0n) is 12.6. The molecule has 1 aliphatic heterocycles. The molecule has 2 fully saturated rings. The molecule has 20 heavy (non-hydrogen) atoms. The van der Waals surface area contributed by atoms with Gasteiger partial charge in [-0.1, -0.05) is 6.42 Å². The predicted molar refractivity (Wildman–Crippen MR) is 79.4 cm³/mol. The van der Waals surface area contributed by atoms with E-state index < -0.39 is 0 Å². The van der Waals surface area contributed by atoms with Gasteiger partial charge in [0.15, 0.2) is 0 Å². The summed E-state index contributed by atoms with van der Waals surface area (Å²) in [6, 6.07) is 0.491. The molecule has 0 spiro atoms. The van der Waals surface area contributed by atoms with Crippen LogP contribution in [-0.2, 0) is 9.53 Å². The third-order valence-electron chi connectivity index (χ3n) is 4.66. The highest BCUT2D eigenvalue weighted by molar-refractivity contribution is 5.69. The fraction of sp³-hybridized carbons (Fsp3) is 0.933. The normalized spacial score (nSPS) is 28.1. The Morgan fingerprint density at radius 3 is 2.75 bits per heavy atom. The molecular weight excluding hydrogens is 254 g/mol. The number of nitrogens with two attached hydrogens (primary N) is 1. The second kappa shape index (κ2) is 7.96. The molecule has 1 saturated carbocycles. The Hall–Kier alpha value is -0.650. The summed E-state index contributed by atoms with van der Waals surface area (Å²) in [5.74, 6) is 1.17. The SMILES string of the molecule is COC(=O)CC1CC(NCC2CCC2)CN(CCN)C1. The molecule has 1 heterocycles.